The Labute approximate surface area is 69.6 Å². The predicted molar refractivity (Wildman–Crippen MR) is 44.3 cm³/mol. The van der Waals surface area contributed by atoms with Gasteiger partial charge in [-0.1, -0.05) is 17.5 Å². The molecule has 0 aromatic carbocycles. The molecule has 0 atom stereocenters. The molecular weight excluding hydrogens is 160 g/mol. The third-order valence-corrected chi connectivity index (χ3v) is 1.69. The summed E-state index contributed by atoms with van der Waals surface area (Å²) in [4.78, 5) is 4.07. The number of hydrogen-bond acceptors (Lipinski definition) is 2. The van der Waals surface area contributed by atoms with Crippen LogP contribution in [0, 0.1) is 12.0 Å². The standard InChI is InChI=1S/C8H5ClN2/c9-7-4-6-2-1-3-10-8(6)11-5-7/h4-5H,2H2,(H,10,11). The van der Waals surface area contributed by atoms with Gasteiger partial charge in [-0.15, -0.1) is 0 Å². The molecule has 54 valence electrons. The number of nitrogens with zero attached hydrogens (tertiary/aromatic N) is 1. The maximum absolute atomic E-state index is 5.74. The van der Waals surface area contributed by atoms with Gasteiger partial charge in [0.25, 0.3) is 0 Å². The van der Waals surface area contributed by atoms with Gasteiger partial charge < -0.3 is 0 Å². The largest absolute Gasteiger partial charge is 0.299 e. The third kappa shape index (κ3) is 1.15. The summed E-state index contributed by atoms with van der Waals surface area (Å²) in [5, 5.41) is 3.52. The van der Waals surface area contributed by atoms with E-state index in [0.717, 1.165) is 17.8 Å². The molecule has 1 aliphatic rings. The molecular formula is C8H5ClN2. The molecule has 0 amide bonds. The second-order valence-corrected chi connectivity index (χ2v) is 2.70. The molecule has 0 bridgehead atoms. The fraction of sp³-hybridized carbons (Fsp3) is 0.125. The van der Waals surface area contributed by atoms with Crippen molar-refractivity contribution < 1.29 is 0 Å². The second kappa shape index (κ2) is 2.44. The molecule has 0 aliphatic carbocycles. The number of pyridine rings is 1. The van der Waals surface area contributed by atoms with Gasteiger partial charge in [-0.25, -0.2) is 4.98 Å². The number of anilines is 1. The van der Waals surface area contributed by atoms with E-state index in [1.807, 2.05) is 6.07 Å². The third-order valence-electron chi connectivity index (χ3n) is 1.48. The summed E-state index contributed by atoms with van der Waals surface area (Å²) in [5.74, 6) is 3.74. The van der Waals surface area contributed by atoms with Crippen molar-refractivity contribution in [2.75, 3.05) is 5.32 Å². The van der Waals surface area contributed by atoms with Crippen LogP contribution in [0.1, 0.15) is 5.56 Å². The maximum atomic E-state index is 5.74. The molecule has 0 unspecified atom stereocenters. The van der Waals surface area contributed by atoms with E-state index in [2.05, 4.69) is 22.3 Å². The summed E-state index contributed by atoms with van der Waals surface area (Å²) in [6, 6.07) is 4.63. The lowest BCUT2D eigenvalue weighted by atomic mass is 10.2. The topological polar surface area (TPSA) is 24.9 Å². The Balaban J connectivity index is 2.51. The summed E-state index contributed by atoms with van der Waals surface area (Å²) in [6.07, 6.45) is 2.34. The first kappa shape index (κ1) is 6.51. The molecule has 2 heterocycles. The highest BCUT2D eigenvalue weighted by molar-refractivity contribution is 6.30. The lowest BCUT2D eigenvalue weighted by Crippen LogP contribution is -2.01. The van der Waals surface area contributed by atoms with E-state index in [-0.39, 0.29) is 0 Å². The Morgan fingerprint density at radius 1 is 1.64 bits per heavy atom. The molecule has 0 spiro atoms. The molecule has 0 fully saturated rings. The number of rotatable bonds is 0. The number of nitrogens with one attached hydrogen (secondary N) is 1. The van der Waals surface area contributed by atoms with Crippen molar-refractivity contribution in [2.45, 2.75) is 6.42 Å². The fourth-order valence-corrected chi connectivity index (χ4v) is 1.15. The van der Waals surface area contributed by atoms with Gasteiger partial charge in [0.1, 0.15) is 5.82 Å². The Hall–Kier alpha value is -1.20. The Morgan fingerprint density at radius 3 is 3.45 bits per heavy atom. The van der Waals surface area contributed by atoms with Crippen molar-refractivity contribution in [3.8, 4) is 12.0 Å². The van der Waals surface area contributed by atoms with Crippen molar-refractivity contribution in [3.05, 3.63) is 22.8 Å². The molecule has 2 nitrogen and oxygen atoms in total. The highest BCUT2D eigenvalue weighted by Crippen LogP contribution is 2.18. The van der Waals surface area contributed by atoms with Gasteiger partial charge in [-0.3, -0.25) is 5.32 Å². The predicted octanol–water partition coefficient (Wildman–Crippen LogP) is 1.66. The quantitative estimate of drug-likeness (QED) is 0.590. The number of hydrogen-bond donors (Lipinski definition) is 1. The number of fused-ring (bicyclic) bond motifs is 1. The summed E-state index contributed by atoms with van der Waals surface area (Å²) in [7, 11) is 0. The lowest BCUT2D eigenvalue weighted by molar-refractivity contribution is 1.19. The minimum Gasteiger partial charge on any atom is -0.299 e. The summed E-state index contributed by atoms with van der Waals surface area (Å²) >= 11 is 5.74. The molecule has 3 heteroatoms. The molecule has 1 aromatic rings. The molecule has 11 heavy (non-hydrogen) atoms. The molecule has 0 saturated heterocycles. The van der Waals surface area contributed by atoms with Gasteiger partial charge in [0.05, 0.1) is 5.02 Å². The first-order valence-electron chi connectivity index (χ1n) is 3.24. The normalized spacial score (nSPS) is 12.5. The summed E-state index contributed by atoms with van der Waals surface area (Å²) in [5.41, 5.74) is 1.07. The Kier molecular flexibility index (Phi) is 1.45. The lowest BCUT2D eigenvalue weighted by Gasteiger charge is -2.07. The van der Waals surface area contributed by atoms with E-state index in [1.54, 1.807) is 6.20 Å². The zero-order valence-electron chi connectivity index (χ0n) is 5.69. The highest BCUT2D eigenvalue weighted by Gasteiger charge is 2.04. The Morgan fingerprint density at radius 2 is 2.55 bits per heavy atom. The van der Waals surface area contributed by atoms with Crippen molar-refractivity contribution in [1.82, 2.24) is 4.98 Å². The first-order chi connectivity index (χ1) is 5.36. The van der Waals surface area contributed by atoms with Crippen LogP contribution in [0.15, 0.2) is 12.3 Å². The SMILES string of the molecule is Clc1cnc2c(c1)CC#CN2. The van der Waals surface area contributed by atoms with Crippen molar-refractivity contribution in [2.24, 2.45) is 0 Å². The van der Waals surface area contributed by atoms with Gasteiger partial charge >= 0.3 is 0 Å². The van der Waals surface area contributed by atoms with Crippen LogP contribution in [-0.2, 0) is 6.42 Å². The van der Waals surface area contributed by atoms with E-state index in [9.17, 15) is 0 Å². The van der Waals surface area contributed by atoms with E-state index in [1.165, 1.54) is 0 Å². The minimum atomic E-state index is 0.661. The summed E-state index contributed by atoms with van der Waals surface area (Å²) in [6.45, 7) is 0. The fourth-order valence-electron chi connectivity index (χ4n) is 0.971. The number of halogens is 1. The van der Waals surface area contributed by atoms with Crippen LogP contribution in [0.4, 0.5) is 5.82 Å². The van der Waals surface area contributed by atoms with Gasteiger partial charge in [0, 0.05) is 24.2 Å². The van der Waals surface area contributed by atoms with E-state index in [4.69, 9.17) is 11.6 Å². The zero-order chi connectivity index (χ0) is 7.68. The average Bonchev–Trinajstić information content (AvgIpc) is 2.04. The van der Waals surface area contributed by atoms with E-state index >= 15 is 0 Å². The van der Waals surface area contributed by atoms with Crippen LogP contribution >= 0.6 is 11.6 Å². The number of aromatic nitrogens is 1. The second-order valence-electron chi connectivity index (χ2n) is 2.26. The van der Waals surface area contributed by atoms with Crippen LogP contribution in [0.25, 0.3) is 0 Å². The average molecular weight is 165 g/mol. The van der Waals surface area contributed by atoms with Gasteiger partial charge in [0.15, 0.2) is 0 Å². The van der Waals surface area contributed by atoms with Gasteiger partial charge in [-0.05, 0) is 6.07 Å². The van der Waals surface area contributed by atoms with Gasteiger partial charge in [0.2, 0.25) is 0 Å². The molecule has 0 saturated carbocycles. The molecule has 1 aliphatic heterocycles. The minimum absolute atomic E-state index is 0.661. The van der Waals surface area contributed by atoms with Crippen molar-refractivity contribution in [3.63, 3.8) is 0 Å². The van der Waals surface area contributed by atoms with Crippen LogP contribution in [0.5, 0.6) is 0 Å². The van der Waals surface area contributed by atoms with Crippen molar-refractivity contribution in [1.29, 1.82) is 0 Å². The Bertz CT molecular complexity index is 349. The van der Waals surface area contributed by atoms with Crippen LogP contribution in [0.2, 0.25) is 5.02 Å². The van der Waals surface area contributed by atoms with Crippen LogP contribution < -0.4 is 5.32 Å². The molecule has 1 aromatic heterocycles. The van der Waals surface area contributed by atoms with Crippen LogP contribution in [-0.4, -0.2) is 4.98 Å². The van der Waals surface area contributed by atoms with Crippen molar-refractivity contribution >= 4 is 17.4 Å². The van der Waals surface area contributed by atoms with E-state index < -0.39 is 0 Å². The molecule has 0 radical (unpaired) electrons. The first-order valence-corrected chi connectivity index (χ1v) is 3.62. The maximum Gasteiger partial charge on any atom is 0.141 e. The van der Waals surface area contributed by atoms with Crippen LogP contribution in [0.3, 0.4) is 0 Å². The van der Waals surface area contributed by atoms with E-state index in [0.29, 0.717) is 5.02 Å². The smallest absolute Gasteiger partial charge is 0.141 e. The molecule has 1 N–H and O–H groups in total. The molecule has 2 rings (SSSR count). The van der Waals surface area contributed by atoms with Gasteiger partial charge in [-0.2, -0.15) is 0 Å². The zero-order valence-corrected chi connectivity index (χ0v) is 6.44. The summed E-state index contributed by atoms with van der Waals surface area (Å²) < 4.78 is 0. The monoisotopic (exact) mass is 164 g/mol. The highest BCUT2D eigenvalue weighted by atomic mass is 35.5.